The SMILES string of the molecule is CCCCCCCCCCCCCCC(C)=O.O.O.O. The van der Waals surface area contributed by atoms with Crippen LogP contribution < -0.4 is 0 Å². The van der Waals surface area contributed by atoms with Gasteiger partial charge < -0.3 is 21.2 Å². The highest BCUT2D eigenvalue weighted by Gasteiger charge is 1.95. The molecule has 0 heterocycles. The second-order valence-electron chi connectivity index (χ2n) is 5.34. The second-order valence-corrected chi connectivity index (χ2v) is 5.34. The molecule has 0 aliphatic rings. The summed E-state index contributed by atoms with van der Waals surface area (Å²) in [7, 11) is 0. The van der Waals surface area contributed by atoms with Gasteiger partial charge in [0.1, 0.15) is 5.78 Å². The fourth-order valence-corrected chi connectivity index (χ4v) is 2.21. The van der Waals surface area contributed by atoms with Gasteiger partial charge in [0.15, 0.2) is 0 Å². The first-order valence-electron chi connectivity index (χ1n) is 7.76. The molecule has 0 radical (unpaired) electrons. The number of carbonyl (C=O) groups is 1. The van der Waals surface area contributed by atoms with Crippen LogP contribution in [0.4, 0.5) is 0 Å². The summed E-state index contributed by atoms with van der Waals surface area (Å²) in [4.78, 5) is 10.7. The standard InChI is InChI=1S/C16H32O.3H2O/c1-3-4-5-6-7-8-9-10-11-12-13-14-15-16(2)17;;;/h3-15H2,1-2H3;3*1H2. The first kappa shape index (κ1) is 27.8. The van der Waals surface area contributed by atoms with Gasteiger partial charge in [-0.3, -0.25) is 0 Å². The number of hydrogen-bond donors (Lipinski definition) is 0. The molecule has 0 unspecified atom stereocenters. The Morgan fingerprint density at radius 3 is 1.20 bits per heavy atom. The Morgan fingerprint density at radius 2 is 0.900 bits per heavy atom. The third kappa shape index (κ3) is 26.2. The van der Waals surface area contributed by atoms with Crippen LogP contribution >= 0.6 is 0 Å². The molecule has 0 saturated heterocycles. The summed E-state index contributed by atoms with van der Waals surface area (Å²) in [5.74, 6) is 0.345. The second kappa shape index (κ2) is 23.6. The summed E-state index contributed by atoms with van der Waals surface area (Å²) in [6.07, 6.45) is 17.1. The molecule has 4 nitrogen and oxygen atoms in total. The monoisotopic (exact) mass is 294 g/mol. The molecular weight excluding hydrogens is 256 g/mol. The summed E-state index contributed by atoms with van der Waals surface area (Å²) in [5, 5.41) is 0. The lowest BCUT2D eigenvalue weighted by Gasteiger charge is -2.02. The quantitative estimate of drug-likeness (QED) is 0.477. The molecule has 0 amide bonds. The van der Waals surface area contributed by atoms with E-state index in [0.29, 0.717) is 5.78 Å². The Kier molecular flexibility index (Phi) is 32.9. The van der Waals surface area contributed by atoms with Gasteiger partial charge in [-0.2, -0.15) is 0 Å². The van der Waals surface area contributed by atoms with E-state index in [-0.39, 0.29) is 16.4 Å². The first-order valence-corrected chi connectivity index (χ1v) is 7.76. The molecule has 0 aromatic heterocycles. The zero-order valence-corrected chi connectivity index (χ0v) is 13.6. The van der Waals surface area contributed by atoms with E-state index in [1.54, 1.807) is 6.92 Å². The van der Waals surface area contributed by atoms with Gasteiger partial charge in [0.25, 0.3) is 0 Å². The molecule has 0 atom stereocenters. The highest BCUT2D eigenvalue weighted by atomic mass is 16.1. The van der Waals surface area contributed by atoms with Gasteiger partial charge in [-0.15, -0.1) is 0 Å². The van der Waals surface area contributed by atoms with Crippen molar-refractivity contribution >= 4 is 5.78 Å². The van der Waals surface area contributed by atoms with Crippen molar-refractivity contribution in [1.82, 2.24) is 0 Å². The van der Waals surface area contributed by atoms with Gasteiger partial charge in [0.2, 0.25) is 0 Å². The predicted octanol–water partition coefficient (Wildman–Crippen LogP) is 3.19. The number of Topliss-reactive ketones (excluding diaryl/α,β-unsaturated/α-hetero) is 1. The molecule has 0 fully saturated rings. The van der Waals surface area contributed by atoms with Gasteiger partial charge in [-0.05, 0) is 13.3 Å². The van der Waals surface area contributed by atoms with E-state index in [1.807, 2.05) is 0 Å². The third-order valence-electron chi connectivity index (χ3n) is 3.38. The number of unbranched alkanes of at least 4 members (excludes halogenated alkanes) is 11. The van der Waals surface area contributed by atoms with Crippen molar-refractivity contribution in [2.75, 3.05) is 0 Å². The van der Waals surface area contributed by atoms with Crippen LogP contribution in [0.3, 0.4) is 0 Å². The molecule has 0 rings (SSSR count). The van der Waals surface area contributed by atoms with Crippen molar-refractivity contribution in [2.24, 2.45) is 0 Å². The summed E-state index contributed by atoms with van der Waals surface area (Å²) < 4.78 is 0. The Hall–Kier alpha value is -0.450. The van der Waals surface area contributed by atoms with E-state index in [2.05, 4.69) is 6.92 Å². The van der Waals surface area contributed by atoms with Crippen LogP contribution in [0.2, 0.25) is 0 Å². The summed E-state index contributed by atoms with van der Waals surface area (Å²) in [5.41, 5.74) is 0. The average molecular weight is 294 g/mol. The van der Waals surface area contributed by atoms with Crippen LogP contribution in [0, 0.1) is 0 Å². The van der Waals surface area contributed by atoms with Crippen molar-refractivity contribution in [2.45, 2.75) is 97.3 Å². The van der Waals surface area contributed by atoms with Crippen molar-refractivity contribution in [3.63, 3.8) is 0 Å². The molecule has 4 heteroatoms. The maximum Gasteiger partial charge on any atom is 0.129 e. The van der Waals surface area contributed by atoms with Crippen molar-refractivity contribution < 1.29 is 21.2 Å². The fourth-order valence-electron chi connectivity index (χ4n) is 2.21. The largest absolute Gasteiger partial charge is 0.412 e. The predicted molar refractivity (Wildman–Crippen MR) is 87.2 cm³/mol. The fraction of sp³-hybridized carbons (Fsp3) is 0.938. The maximum atomic E-state index is 10.7. The van der Waals surface area contributed by atoms with Crippen LogP contribution in [0.1, 0.15) is 97.3 Å². The van der Waals surface area contributed by atoms with Gasteiger partial charge >= 0.3 is 0 Å². The minimum Gasteiger partial charge on any atom is -0.412 e. The number of carbonyl (C=O) groups excluding carboxylic acids is 1. The van der Waals surface area contributed by atoms with E-state index < -0.39 is 0 Å². The van der Waals surface area contributed by atoms with Crippen molar-refractivity contribution in [3.05, 3.63) is 0 Å². The molecule has 0 saturated carbocycles. The van der Waals surface area contributed by atoms with Gasteiger partial charge in [0.05, 0.1) is 0 Å². The summed E-state index contributed by atoms with van der Waals surface area (Å²) in [6.45, 7) is 3.96. The van der Waals surface area contributed by atoms with Crippen LogP contribution in [0.15, 0.2) is 0 Å². The van der Waals surface area contributed by atoms with E-state index in [0.717, 1.165) is 12.8 Å². The normalized spacial score (nSPS) is 9.10. The van der Waals surface area contributed by atoms with E-state index in [9.17, 15) is 4.79 Å². The van der Waals surface area contributed by atoms with Crippen LogP contribution in [0.5, 0.6) is 0 Å². The zero-order chi connectivity index (χ0) is 12.8. The molecule has 20 heavy (non-hydrogen) atoms. The molecule has 0 aromatic rings. The Morgan fingerprint density at radius 1 is 0.600 bits per heavy atom. The van der Waals surface area contributed by atoms with E-state index in [1.165, 1.54) is 70.6 Å². The summed E-state index contributed by atoms with van der Waals surface area (Å²) in [6, 6.07) is 0. The number of hydrogen-bond acceptors (Lipinski definition) is 1. The van der Waals surface area contributed by atoms with E-state index >= 15 is 0 Å². The maximum absolute atomic E-state index is 10.7. The minimum atomic E-state index is 0. The first-order chi connectivity index (χ1) is 8.27. The topological polar surface area (TPSA) is 112 Å². The summed E-state index contributed by atoms with van der Waals surface area (Å²) >= 11 is 0. The molecule has 0 aliphatic heterocycles. The molecular formula is C16H38O4. The number of rotatable bonds is 13. The minimum absolute atomic E-state index is 0. The van der Waals surface area contributed by atoms with Crippen molar-refractivity contribution in [3.8, 4) is 0 Å². The molecule has 0 spiro atoms. The van der Waals surface area contributed by atoms with E-state index in [4.69, 9.17) is 0 Å². The van der Waals surface area contributed by atoms with Gasteiger partial charge in [-0.25, -0.2) is 0 Å². The zero-order valence-electron chi connectivity index (χ0n) is 13.6. The molecule has 0 aromatic carbocycles. The Balaban J connectivity index is -0.000000427. The Labute approximate surface area is 125 Å². The lowest BCUT2D eigenvalue weighted by atomic mass is 10.0. The Bertz CT molecular complexity index is 172. The third-order valence-corrected chi connectivity index (χ3v) is 3.38. The van der Waals surface area contributed by atoms with Crippen molar-refractivity contribution in [1.29, 1.82) is 0 Å². The molecule has 0 aliphatic carbocycles. The highest BCUT2D eigenvalue weighted by molar-refractivity contribution is 5.75. The van der Waals surface area contributed by atoms with Gasteiger partial charge in [0, 0.05) is 6.42 Å². The average Bonchev–Trinajstić information content (AvgIpc) is 2.30. The number of ketones is 1. The highest BCUT2D eigenvalue weighted by Crippen LogP contribution is 2.12. The van der Waals surface area contributed by atoms with Crippen LogP contribution in [-0.2, 0) is 4.79 Å². The molecule has 0 bridgehead atoms. The lowest BCUT2D eigenvalue weighted by Crippen LogP contribution is -1.89. The van der Waals surface area contributed by atoms with Crippen LogP contribution in [0.25, 0.3) is 0 Å². The van der Waals surface area contributed by atoms with Gasteiger partial charge in [-0.1, -0.05) is 77.6 Å². The van der Waals surface area contributed by atoms with Crippen LogP contribution in [-0.4, -0.2) is 22.2 Å². The smallest absolute Gasteiger partial charge is 0.129 e. The lowest BCUT2D eigenvalue weighted by molar-refractivity contribution is -0.117. The molecule has 6 N–H and O–H groups in total. The molecule has 126 valence electrons.